The fourth-order valence-corrected chi connectivity index (χ4v) is 4.85. The van der Waals surface area contributed by atoms with E-state index >= 15 is 0 Å². The van der Waals surface area contributed by atoms with Gasteiger partial charge in [0.15, 0.2) is 5.78 Å². The van der Waals surface area contributed by atoms with Crippen LogP contribution in [0, 0.1) is 0 Å². The van der Waals surface area contributed by atoms with Crippen LogP contribution in [-0.2, 0) is 14.3 Å². The first-order chi connectivity index (χ1) is 16.0. The zero-order valence-electron chi connectivity index (χ0n) is 19.4. The van der Waals surface area contributed by atoms with Crippen LogP contribution in [0.4, 0.5) is 0 Å². The summed E-state index contributed by atoms with van der Waals surface area (Å²) in [5, 5.41) is 3.37. The second-order valence-electron chi connectivity index (χ2n) is 8.26. The van der Waals surface area contributed by atoms with Crippen molar-refractivity contribution in [1.29, 1.82) is 0 Å². The van der Waals surface area contributed by atoms with Gasteiger partial charge in [-0.25, -0.2) is 4.79 Å². The normalized spacial score (nSPS) is 20.2. The summed E-state index contributed by atoms with van der Waals surface area (Å²) in [5.41, 5.74) is 4.46. The lowest BCUT2D eigenvalue weighted by Gasteiger charge is -2.37. The molecule has 172 valence electrons. The van der Waals surface area contributed by atoms with Gasteiger partial charge in [-0.3, -0.25) is 4.79 Å². The quantitative estimate of drug-likeness (QED) is 0.651. The molecule has 0 radical (unpaired) electrons. The molecule has 0 amide bonds. The Morgan fingerprint density at radius 3 is 2.48 bits per heavy atom. The third kappa shape index (κ3) is 4.25. The minimum Gasteiger partial charge on any atom is -0.497 e. The monoisotopic (exact) mass is 447 g/mol. The second kappa shape index (κ2) is 9.53. The molecule has 0 unspecified atom stereocenters. The molecule has 0 saturated carbocycles. The van der Waals surface area contributed by atoms with Gasteiger partial charge in [-0.15, -0.1) is 0 Å². The van der Waals surface area contributed by atoms with Crippen LogP contribution in [0.2, 0.25) is 0 Å². The molecule has 1 aliphatic carbocycles. The molecule has 0 bridgehead atoms. The molecule has 2 aromatic carbocycles. The van der Waals surface area contributed by atoms with Gasteiger partial charge in [0.05, 0.1) is 32.3 Å². The van der Waals surface area contributed by atoms with Gasteiger partial charge < -0.3 is 19.5 Å². The predicted molar refractivity (Wildman–Crippen MR) is 125 cm³/mol. The van der Waals surface area contributed by atoms with Crippen molar-refractivity contribution in [3.8, 4) is 11.5 Å². The molecule has 1 N–H and O–H groups in total. The van der Waals surface area contributed by atoms with E-state index in [-0.39, 0.29) is 18.3 Å². The molecular weight excluding hydrogens is 418 g/mol. The van der Waals surface area contributed by atoms with E-state index in [0.29, 0.717) is 41.2 Å². The summed E-state index contributed by atoms with van der Waals surface area (Å²) in [5.74, 6) is 0.285. The Balaban J connectivity index is 1.85. The molecule has 0 fully saturated rings. The highest BCUT2D eigenvalue weighted by Crippen LogP contribution is 2.48. The standard InChI is InChI=1S/C27H29NO5/c1-5-33-27(30)24-16(2)28-21-13-18(17-9-7-6-8-10-17)14-22(29)26(21)25(24)20-12-11-19(31-3)15-23(20)32-4/h6-12,15,18,25,28H,5,13-14H2,1-4H3/t18-,25-/m1/s1. The maximum atomic E-state index is 13.6. The first kappa shape index (κ1) is 22.6. The largest absolute Gasteiger partial charge is 0.497 e. The average Bonchev–Trinajstić information content (AvgIpc) is 2.83. The summed E-state index contributed by atoms with van der Waals surface area (Å²) in [4.78, 5) is 26.7. The van der Waals surface area contributed by atoms with E-state index in [1.165, 1.54) is 0 Å². The minimum absolute atomic E-state index is 0.0229. The Morgan fingerprint density at radius 1 is 1.06 bits per heavy atom. The van der Waals surface area contributed by atoms with E-state index < -0.39 is 11.9 Å². The Kier molecular flexibility index (Phi) is 6.54. The van der Waals surface area contributed by atoms with Gasteiger partial charge in [0.2, 0.25) is 0 Å². The Labute approximate surface area is 194 Å². The Bertz CT molecular complexity index is 1130. The predicted octanol–water partition coefficient (Wildman–Crippen LogP) is 4.63. The number of carbonyl (C=O) groups is 2. The van der Waals surface area contributed by atoms with Gasteiger partial charge in [-0.05, 0) is 37.8 Å². The van der Waals surface area contributed by atoms with Crippen LogP contribution < -0.4 is 14.8 Å². The number of esters is 1. The molecule has 0 spiro atoms. The number of dihydropyridines is 1. The summed E-state index contributed by atoms with van der Waals surface area (Å²) in [6.45, 7) is 3.88. The molecule has 1 aliphatic heterocycles. The van der Waals surface area contributed by atoms with Crippen LogP contribution >= 0.6 is 0 Å². The number of hydrogen-bond acceptors (Lipinski definition) is 6. The van der Waals surface area contributed by atoms with Crippen LogP contribution in [0.15, 0.2) is 71.1 Å². The van der Waals surface area contributed by atoms with E-state index in [4.69, 9.17) is 14.2 Å². The smallest absolute Gasteiger partial charge is 0.336 e. The number of methoxy groups -OCH3 is 2. The fraction of sp³-hybridized carbons (Fsp3) is 0.333. The Morgan fingerprint density at radius 2 is 1.82 bits per heavy atom. The zero-order valence-corrected chi connectivity index (χ0v) is 19.4. The van der Waals surface area contributed by atoms with Crippen molar-refractivity contribution in [2.45, 2.75) is 38.5 Å². The van der Waals surface area contributed by atoms with E-state index in [2.05, 4.69) is 17.4 Å². The topological polar surface area (TPSA) is 73.9 Å². The lowest BCUT2D eigenvalue weighted by molar-refractivity contribution is -0.138. The van der Waals surface area contributed by atoms with Gasteiger partial charge in [0, 0.05) is 35.0 Å². The van der Waals surface area contributed by atoms with Gasteiger partial charge in [0.25, 0.3) is 0 Å². The molecular formula is C27H29NO5. The van der Waals surface area contributed by atoms with E-state index in [1.807, 2.05) is 37.3 Å². The first-order valence-electron chi connectivity index (χ1n) is 11.2. The summed E-state index contributed by atoms with van der Waals surface area (Å²) >= 11 is 0. The average molecular weight is 448 g/mol. The van der Waals surface area contributed by atoms with Crippen LogP contribution in [0.3, 0.4) is 0 Å². The summed E-state index contributed by atoms with van der Waals surface area (Å²) in [6.07, 6.45) is 1.07. The molecule has 2 aromatic rings. The number of ketones is 1. The number of Topliss-reactive ketones (excluding diaryl/α,β-unsaturated/α-hetero) is 1. The molecule has 0 saturated heterocycles. The maximum absolute atomic E-state index is 13.6. The SMILES string of the molecule is CCOC(=O)C1=C(C)NC2=C(C(=O)C[C@H](c3ccccc3)C2)[C@@H]1c1ccc(OC)cc1OC. The minimum atomic E-state index is -0.578. The number of rotatable bonds is 6. The highest BCUT2D eigenvalue weighted by molar-refractivity contribution is 6.04. The molecule has 2 aliphatic rings. The van der Waals surface area contributed by atoms with Crippen molar-refractivity contribution in [3.05, 3.63) is 82.2 Å². The number of ether oxygens (including phenoxy) is 3. The van der Waals surface area contributed by atoms with Crippen molar-refractivity contribution >= 4 is 11.8 Å². The van der Waals surface area contributed by atoms with Crippen molar-refractivity contribution < 1.29 is 23.8 Å². The number of nitrogens with one attached hydrogen (secondary N) is 1. The molecule has 33 heavy (non-hydrogen) atoms. The third-order valence-corrected chi connectivity index (χ3v) is 6.35. The number of allylic oxidation sites excluding steroid dienone is 3. The van der Waals surface area contributed by atoms with Crippen LogP contribution in [0.1, 0.15) is 49.7 Å². The lowest BCUT2D eigenvalue weighted by atomic mass is 9.71. The Hall–Kier alpha value is -3.54. The molecule has 2 atom stereocenters. The zero-order chi connectivity index (χ0) is 23.5. The molecule has 4 rings (SSSR count). The van der Waals surface area contributed by atoms with Crippen molar-refractivity contribution in [2.24, 2.45) is 0 Å². The van der Waals surface area contributed by atoms with Crippen LogP contribution in [-0.4, -0.2) is 32.6 Å². The lowest BCUT2D eigenvalue weighted by Crippen LogP contribution is -2.36. The van der Waals surface area contributed by atoms with Gasteiger partial charge in [-0.2, -0.15) is 0 Å². The summed E-state index contributed by atoms with van der Waals surface area (Å²) < 4.78 is 16.4. The number of benzene rings is 2. The summed E-state index contributed by atoms with van der Waals surface area (Å²) in [6, 6.07) is 15.5. The molecule has 0 aromatic heterocycles. The number of hydrogen-bond donors (Lipinski definition) is 1. The third-order valence-electron chi connectivity index (χ3n) is 6.35. The fourth-order valence-electron chi connectivity index (χ4n) is 4.85. The van der Waals surface area contributed by atoms with Crippen molar-refractivity contribution in [2.75, 3.05) is 20.8 Å². The van der Waals surface area contributed by atoms with Crippen LogP contribution in [0.5, 0.6) is 11.5 Å². The van der Waals surface area contributed by atoms with Gasteiger partial charge in [0.1, 0.15) is 11.5 Å². The first-order valence-corrected chi connectivity index (χ1v) is 11.2. The summed E-state index contributed by atoms with van der Waals surface area (Å²) in [7, 11) is 3.16. The van der Waals surface area contributed by atoms with Gasteiger partial charge in [-0.1, -0.05) is 36.4 Å². The van der Waals surface area contributed by atoms with E-state index in [0.717, 1.165) is 16.8 Å². The van der Waals surface area contributed by atoms with Crippen LogP contribution in [0.25, 0.3) is 0 Å². The molecule has 6 heteroatoms. The second-order valence-corrected chi connectivity index (χ2v) is 8.26. The highest BCUT2D eigenvalue weighted by atomic mass is 16.5. The molecule has 6 nitrogen and oxygen atoms in total. The highest BCUT2D eigenvalue weighted by Gasteiger charge is 2.42. The van der Waals surface area contributed by atoms with Crippen molar-refractivity contribution in [1.82, 2.24) is 5.32 Å². The van der Waals surface area contributed by atoms with E-state index in [1.54, 1.807) is 27.2 Å². The van der Waals surface area contributed by atoms with E-state index in [9.17, 15) is 9.59 Å². The number of carbonyl (C=O) groups excluding carboxylic acids is 2. The van der Waals surface area contributed by atoms with Crippen molar-refractivity contribution in [3.63, 3.8) is 0 Å². The maximum Gasteiger partial charge on any atom is 0.336 e. The van der Waals surface area contributed by atoms with Gasteiger partial charge >= 0.3 is 5.97 Å². The molecule has 1 heterocycles.